The fourth-order valence-electron chi connectivity index (χ4n) is 3.01. The first-order valence-electron chi connectivity index (χ1n) is 8.23. The second-order valence-electron chi connectivity index (χ2n) is 5.84. The number of hydrogen-bond donors (Lipinski definition) is 2. The predicted octanol–water partition coefficient (Wildman–Crippen LogP) is 4.39. The van der Waals surface area contributed by atoms with Gasteiger partial charge in [0.2, 0.25) is 0 Å². The van der Waals surface area contributed by atoms with Crippen LogP contribution < -0.4 is 10.6 Å². The Bertz CT molecular complexity index is 463. The molecule has 3 nitrogen and oxygen atoms in total. The van der Waals surface area contributed by atoms with Gasteiger partial charge in [-0.05, 0) is 68.7 Å². The summed E-state index contributed by atoms with van der Waals surface area (Å²) in [5, 5.41) is 7.22. The maximum Gasteiger partial charge on any atom is 0.170 e. The Morgan fingerprint density at radius 2 is 2.09 bits per heavy atom. The molecule has 0 bridgehead atoms. The average Bonchev–Trinajstić information content (AvgIpc) is 2.54. The first kappa shape index (κ1) is 17.7. The van der Waals surface area contributed by atoms with E-state index in [0.29, 0.717) is 5.11 Å². The first-order valence-corrected chi connectivity index (χ1v) is 9.43. The number of benzene rings is 1. The van der Waals surface area contributed by atoms with E-state index in [1.165, 1.54) is 38.8 Å². The number of halogens is 1. The number of likely N-dealkylation sites (tertiary alicyclic amines) is 1. The molecule has 0 unspecified atom stereocenters. The van der Waals surface area contributed by atoms with Gasteiger partial charge >= 0.3 is 0 Å². The van der Waals surface area contributed by atoms with Crippen LogP contribution in [0.4, 0.5) is 5.69 Å². The Hall–Kier alpha value is -0.650. The molecule has 1 aromatic carbocycles. The molecule has 2 N–H and O–H groups in total. The Morgan fingerprint density at radius 3 is 2.82 bits per heavy atom. The fourth-order valence-corrected chi connectivity index (χ4v) is 3.49. The van der Waals surface area contributed by atoms with Gasteiger partial charge < -0.3 is 15.5 Å². The summed E-state index contributed by atoms with van der Waals surface area (Å²) in [7, 11) is 0. The van der Waals surface area contributed by atoms with E-state index in [1.54, 1.807) is 0 Å². The molecule has 5 heteroatoms. The minimum atomic E-state index is 0.702. The molecule has 122 valence electrons. The van der Waals surface area contributed by atoms with Crippen molar-refractivity contribution in [3.8, 4) is 0 Å². The lowest BCUT2D eigenvalue weighted by atomic mass is 10.00. The summed E-state index contributed by atoms with van der Waals surface area (Å²) in [5.74, 6) is 0. The third kappa shape index (κ3) is 5.86. The van der Waals surface area contributed by atoms with Crippen LogP contribution in [0.1, 0.15) is 39.0 Å². The lowest BCUT2D eigenvalue weighted by Gasteiger charge is -2.35. The monoisotopic (exact) mass is 383 g/mol. The maximum absolute atomic E-state index is 5.34. The molecule has 0 radical (unpaired) electrons. The summed E-state index contributed by atoms with van der Waals surface area (Å²) in [4.78, 5) is 2.65. The van der Waals surface area contributed by atoms with E-state index in [1.807, 2.05) is 24.3 Å². The average molecular weight is 384 g/mol. The summed E-state index contributed by atoms with van der Waals surface area (Å²) in [6.45, 7) is 5.67. The Labute approximate surface area is 148 Å². The van der Waals surface area contributed by atoms with Gasteiger partial charge in [0.1, 0.15) is 0 Å². The first-order chi connectivity index (χ1) is 10.7. The van der Waals surface area contributed by atoms with Gasteiger partial charge in [0.05, 0.1) is 0 Å². The highest BCUT2D eigenvalue weighted by molar-refractivity contribution is 9.10. The van der Waals surface area contributed by atoms with Gasteiger partial charge in [0, 0.05) is 29.3 Å². The van der Waals surface area contributed by atoms with E-state index in [-0.39, 0.29) is 0 Å². The van der Waals surface area contributed by atoms with Gasteiger partial charge in [-0.2, -0.15) is 0 Å². The third-order valence-electron chi connectivity index (χ3n) is 4.23. The van der Waals surface area contributed by atoms with E-state index in [4.69, 9.17) is 12.2 Å². The zero-order valence-electron chi connectivity index (χ0n) is 13.3. The molecule has 1 aliphatic heterocycles. The molecule has 1 atom stereocenters. The topological polar surface area (TPSA) is 27.3 Å². The number of anilines is 1. The zero-order chi connectivity index (χ0) is 15.8. The molecule has 0 aromatic heterocycles. The van der Waals surface area contributed by atoms with Gasteiger partial charge in [-0.1, -0.05) is 29.3 Å². The third-order valence-corrected chi connectivity index (χ3v) is 5.01. The predicted molar refractivity (Wildman–Crippen MR) is 102 cm³/mol. The van der Waals surface area contributed by atoms with Crippen LogP contribution in [-0.2, 0) is 0 Å². The second-order valence-corrected chi connectivity index (χ2v) is 7.16. The smallest absolute Gasteiger partial charge is 0.170 e. The van der Waals surface area contributed by atoms with Crippen molar-refractivity contribution in [2.24, 2.45) is 0 Å². The van der Waals surface area contributed by atoms with Crippen LogP contribution in [0.25, 0.3) is 0 Å². The minimum absolute atomic E-state index is 0.702. The van der Waals surface area contributed by atoms with Gasteiger partial charge in [-0.25, -0.2) is 0 Å². The van der Waals surface area contributed by atoms with Crippen LogP contribution in [0.3, 0.4) is 0 Å². The summed E-state index contributed by atoms with van der Waals surface area (Å²) in [5.41, 5.74) is 1.02. The molecule has 1 aliphatic rings. The van der Waals surface area contributed by atoms with Gasteiger partial charge in [-0.15, -0.1) is 0 Å². The highest BCUT2D eigenvalue weighted by atomic mass is 79.9. The van der Waals surface area contributed by atoms with Crippen molar-refractivity contribution in [2.45, 2.75) is 45.1 Å². The fraction of sp³-hybridized carbons (Fsp3) is 0.588. The van der Waals surface area contributed by atoms with Crippen molar-refractivity contribution in [1.82, 2.24) is 10.2 Å². The number of thiocarbonyl (C=S) groups is 1. The summed E-state index contributed by atoms with van der Waals surface area (Å²) >= 11 is 8.77. The molecule has 22 heavy (non-hydrogen) atoms. The van der Waals surface area contributed by atoms with Gasteiger partial charge in [0.25, 0.3) is 0 Å². The van der Waals surface area contributed by atoms with Crippen LogP contribution in [0.15, 0.2) is 28.7 Å². The maximum atomic E-state index is 5.34. The van der Waals surface area contributed by atoms with Crippen LogP contribution >= 0.6 is 28.1 Å². The van der Waals surface area contributed by atoms with Crippen molar-refractivity contribution in [3.63, 3.8) is 0 Å². The molecule has 0 aliphatic carbocycles. The Kier molecular flexibility index (Phi) is 7.63. The Balaban J connectivity index is 1.63. The summed E-state index contributed by atoms with van der Waals surface area (Å²) in [6, 6.07) is 8.83. The van der Waals surface area contributed by atoms with E-state index in [0.717, 1.165) is 29.2 Å². The van der Waals surface area contributed by atoms with Crippen molar-refractivity contribution < 1.29 is 0 Å². The number of hydrogen-bond acceptors (Lipinski definition) is 2. The van der Waals surface area contributed by atoms with E-state index >= 15 is 0 Å². The molecule has 2 rings (SSSR count). The lowest BCUT2D eigenvalue weighted by Crippen LogP contribution is -2.40. The largest absolute Gasteiger partial charge is 0.362 e. The van der Waals surface area contributed by atoms with Crippen LogP contribution in [-0.4, -0.2) is 35.7 Å². The highest BCUT2D eigenvalue weighted by Crippen LogP contribution is 2.19. The molecule has 1 aromatic rings. The van der Waals surface area contributed by atoms with Gasteiger partial charge in [0.15, 0.2) is 5.11 Å². The van der Waals surface area contributed by atoms with E-state index in [2.05, 4.69) is 38.4 Å². The molecule has 1 fully saturated rings. The summed E-state index contributed by atoms with van der Waals surface area (Å²) < 4.78 is 1.07. The SMILES string of the molecule is CC[C@H]1CCCCN1CCCNC(=S)Nc1ccc(Br)cc1. The lowest BCUT2D eigenvalue weighted by molar-refractivity contribution is 0.143. The quantitative estimate of drug-likeness (QED) is 0.562. The van der Waals surface area contributed by atoms with E-state index < -0.39 is 0 Å². The van der Waals surface area contributed by atoms with Crippen LogP contribution in [0.2, 0.25) is 0 Å². The molecular weight excluding hydrogens is 358 g/mol. The molecular formula is C17H26BrN3S. The number of piperidine rings is 1. The molecule has 1 saturated heterocycles. The number of nitrogens with one attached hydrogen (secondary N) is 2. The normalized spacial score (nSPS) is 18.9. The van der Waals surface area contributed by atoms with Crippen molar-refractivity contribution in [3.05, 3.63) is 28.7 Å². The van der Waals surface area contributed by atoms with Crippen LogP contribution in [0, 0.1) is 0 Å². The Morgan fingerprint density at radius 1 is 1.32 bits per heavy atom. The molecule has 0 spiro atoms. The number of nitrogens with zero attached hydrogens (tertiary/aromatic N) is 1. The molecule has 0 saturated carbocycles. The molecule has 1 heterocycles. The van der Waals surface area contributed by atoms with Crippen molar-refractivity contribution in [1.29, 1.82) is 0 Å². The standard InChI is InChI=1S/C17H26BrN3S/c1-2-16-6-3-4-12-21(16)13-5-11-19-17(22)20-15-9-7-14(18)8-10-15/h7-10,16H,2-6,11-13H2,1H3,(H2,19,20,22)/t16-/m0/s1. The molecule has 0 amide bonds. The van der Waals surface area contributed by atoms with Crippen LogP contribution in [0.5, 0.6) is 0 Å². The minimum Gasteiger partial charge on any atom is -0.362 e. The number of rotatable bonds is 6. The van der Waals surface area contributed by atoms with E-state index in [9.17, 15) is 0 Å². The van der Waals surface area contributed by atoms with Crippen molar-refractivity contribution in [2.75, 3.05) is 25.0 Å². The zero-order valence-corrected chi connectivity index (χ0v) is 15.7. The van der Waals surface area contributed by atoms with Crippen molar-refractivity contribution >= 4 is 38.9 Å². The highest BCUT2D eigenvalue weighted by Gasteiger charge is 2.19. The van der Waals surface area contributed by atoms with Gasteiger partial charge in [-0.3, -0.25) is 0 Å². The summed E-state index contributed by atoms with van der Waals surface area (Å²) in [6.07, 6.45) is 6.53. The second kappa shape index (κ2) is 9.48.